The van der Waals surface area contributed by atoms with Crippen LogP contribution >= 0.6 is 0 Å². The van der Waals surface area contributed by atoms with E-state index in [0.717, 1.165) is 11.1 Å². The van der Waals surface area contributed by atoms with Gasteiger partial charge in [-0.25, -0.2) is 5.43 Å². The van der Waals surface area contributed by atoms with Crippen LogP contribution in [0.5, 0.6) is 17.2 Å². The van der Waals surface area contributed by atoms with E-state index < -0.39 is 0 Å². The number of carbonyl (C=O) groups is 1. The molecule has 0 fully saturated rings. The Bertz CT molecular complexity index is 1030. The van der Waals surface area contributed by atoms with Crippen LogP contribution in [0.4, 0.5) is 0 Å². The summed E-state index contributed by atoms with van der Waals surface area (Å²) < 4.78 is 16.5. The fraction of sp³-hybridized carbons (Fsp3) is 0.167. The van der Waals surface area contributed by atoms with Crippen LogP contribution in [0.2, 0.25) is 0 Å². The van der Waals surface area contributed by atoms with E-state index in [4.69, 9.17) is 14.2 Å². The fourth-order valence-electron chi connectivity index (χ4n) is 2.87. The number of amides is 1. The maximum atomic E-state index is 12.7. The molecule has 0 aliphatic carbocycles. The topological polar surface area (TPSA) is 69.2 Å². The molecule has 6 heteroatoms. The maximum Gasteiger partial charge on any atom is 0.275 e. The number of benzene rings is 3. The van der Waals surface area contributed by atoms with Crippen LogP contribution in [0, 0.1) is 0 Å². The molecule has 6 nitrogen and oxygen atoms in total. The van der Waals surface area contributed by atoms with Crippen molar-refractivity contribution in [3.63, 3.8) is 0 Å². The van der Waals surface area contributed by atoms with E-state index in [0.29, 0.717) is 35.1 Å². The van der Waals surface area contributed by atoms with E-state index >= 15 is 0 Å². The predicted molar refractivity (Wildman–Crippen MR) is 116 cm³/mol. The molecule has 154 valence electrons. The number of methoxy groups -OCH3 is 2. The lowest BCUT2D eigenvalue weighted by Gasteiger charge is -2.12. The van der Waals surface area contributed by atoms with Crippen LogP contribution in [0.25, 0.3) is 0 Å². The normalized spacial score (nSPS) is 11.0. The number of nitrogens with zero attached hydrogens (tertiary/aromatic N) is 1. The van der Waals surface area contributed by atoms with Crippen LogP contribution in [0.1, 0.15) is 28.4 Å². The van der Waals surface area contributed by atoms with Gasteiger partial charge < -0.3 is 14.2 Å². The summed E-state index contributed by atoms with van der Waals surface area (Å²) in [6.07, 6.45) is 0. The lowest BCUT2D eigenvalue weighted by Crippen LogP contribution is -2.20. The zero-order valence-corrected chi connectivity index (χ0v) is 17.2. The van der Waals surface area contributed by atoms with Gasteiger partial charge in [0.25, 0.3) is 5.91 Å². The van der Waals surface area contributed by atoms with Crippen LogP contribution in [-0.4, -0.2) is 25.8 Å². The lowest BCUT2D eigenvalue weighted by atomic mass is 10.1. The highest BCUT2D eigenvalue weighted by molar-refractivity contribution is 6.03. The second kappa shape index (κ2) is 10.1. The predicted octanol–water partition coefficient (Wildman–Crippen LogP) is 4.44. The van der Waals surface area contributed by atoms with Crippen molar-refractivity contribution < 1.29 is 19.0 Å². The number of carbonyl (C=O) groups excluding carboxylic acids is 1. The molecule has 3 aromatic rings. The Kier molecular flexibility index (Phi) is 7.05. The third-order valence-corrected chi connectivity index (χ3v) is 4.49. The number of ether oxygens (including phenoxy) is 3. The molecule has 0 atom stereocenters. The highest BCUT2D eigenvalue weighted by atomic mass is 16.5. The first kappa shape index (κ1) is 20.9. The second-order valence-corrected chi connectivity index (χ2v) is 6.47. The molecule has 0 bridgehead atoms. The number of rotatable bonds is 8. The Labute approximate surface area is 176 Å². The van der Waals surface area contributed by atoms with E-state index in [1.54, 1.807) is 45.4 Å². The molecule has 3 rings (SSSR count). The standard InChI is InChI=1S/C24H24N2O4/c1-17(20-14-13-19(28-2)15-23(20)29-3)25-26-24(27)21-11-7-8-12-22(21)30-16-18-9-5-4-6-10-18/h4-15H,16H2,1-3H3,(H,26,27). The van der Waals surface area contributed by atoms with Crippen LogP contribution in [0.3, 0.4) is 0 Å². The summed E-state index contributed by atoms with van der Waals surface area (Å²) in [5, 5.41) is 4.23. The van der Waals surface area contributed by atoms with Gasteiger partial charge in [0.2, 0.25) is 0 Å². The summed E-state index contributed by atoms with van der Waals surface area (Å²) in [6.45, 7) is 2.17. The molecule has 0 unspecified atom stereocenters. The minimum absolute atomic E-state index is 0.356. The molecular formula is C24H24N2O4. The van der Waals surface area contributed by atoms with Gasteiger partial charge in [0.15, 0.2) is 0 Å². The first-order valence-electron chi connectivity index (χ1n) is 9.45. The van der Waals surface area contributed by atoms with Gasteiger partial charge in [-0.15, -0.1) is 0 Å². The van der Waals surface area contributed by atoms with Crippen LogP contribution < -0.4 is 19.6 Å². The first-order valence-corrected chi connectivity index (χ1v) is 9.45. The van der Waals surface area contributed by atoms with Crippen molar-refractivity contribution in [1.82, 2.24) is 5.43 Å². The fourth-order valence-corrected chi connectivity index (χ4v) is 2.87. The van der Waals surface area contributed by atoms with Crippen molar-refractivity contribution >= 4 is 11.6 Å². The number of hydrogen-bond acceptors (Lipinski definition) is 5. The molecule has 3 aromatic carbocycles. The van der Waals surface area contributed by atoms with Crippen LogP contribution in [-0.2, 0) is 6.61 Å². The van der Waals surface area contributed by atoms with Crippen molar-refractivity contribution in [3.8, 4) is 17.2 Å². The number of para-hydroxylation sites is 1. The molecule has 0 heterocycles. The molecule has 0 saturated heterocycles. The summed E-state index contributed by atoms with van der Waals surface area (Å²) >= 11 is 0. The maximum absolute atomic E-state index is 12.7. The van der Waals surface area contributed by atoms with Gasteiger partial charge in [0, 0.05) is 11.6 Å². The highest BCUT2D eigenvalue weighted by Gasteiger charge is 2.13. The molecule has 0 aromatic heterocycles. The summed E-state index contributed by atoms with van der Waals surface area (Å²) in [5.41, 5.74) is 5.39. The number of hydrogen-bond donors (Lipinski definition) is 1. The quantitative estimate of drug-likeness (QED) is 0.445. The van der Waals surface area contributed by atoms with E-state index in [2.05, 4.69) is 10.5 Å². The van der Waals surface area contributed by atoms with E-state index in [1.165, 1.54) is 0 Å². The number of nitrogens with one attached hydrogen (secondary N) is 1. The van der Waals surface area contributed by atoms with Crippen molar-refractivity contribution in [1.29, 1.82) is 0 Å². The summed E-state index contributed by atoms with van der Waals surface area (Å²) in [6, 6.07) is 22.3. The van der Waals surface area contributed by atoms with Crippen molar-refractivity contribution in [3.05, 3.63) is 89.5 Å². The van der Waals surface area contributed by atoms with Gasteiger partial charge in [-0.05, 0) is 36.8 Å². The Morgan fingerprint density at radius 1 is 0.867 bits per heavy atom. The average molecular weight is 404 g/mol. The zero-order chi connectivity index (χ0) is 21.3. The second-order valence-electron chi connectivity index (χ2n) is 6.47. The SMILES string of the molecule is COc1ccc(C(C)=NNC(=O)c2ccccc2OCc2ccccc2)c(OC)c1. The van der Waals surface area contributed by atoms with Gasteiger partial charge in [0.05, 0.1) is 25.5 Å². The first-order chi connectivity index (χ1) is 14.6. The Balaban J connectivity index is 1.73. The molecule has 1 amide bonds. The lowest BCUT2D eigenvalue weighted by molar-refractivity contribution is 0.0950. The molecule has 0 aliphatic rings. The molecule has 0 aliphatic heterocycles. The van der Waals surface area contributed by atoms with E-state index in [9.17, 15) is 4.79 Å². The third kappa shape index (κ3) is 5.17. The van der Waals surface area contributed by atoms with Crippen molar-refractivity contribution in [2.75, 3.05) is 14.2 Å². The molecule has 0 radical (unpaired) electrons. The van der Waals surface area contributed by atoms with E-state index in [1.807, 2.05) is 48.5 Å². The van der Waals surface area contributed by atoms with Gasteiger partial charge in [-0.1, -0.05) is 42.5 Å². The van der Waals surface area contributed by atoms with Gasteiger partial charge in [-0.3, -0.25) is 4.79 Å². The molecule has 0 saturated carbocycles. The Hall–Kier alpha value is -3.80. The Morgan fingerprint density at radius 3 is 2.33 bits per heavy atom. The van der Waals surface area contributed by atoms with Crippen LogP contribution in [0.15, 0.2) is 77.9 Å². The minimum atomic E-state index is -0.356. The zero-order valence-electron chi connectivity index (χ0n) is 17.2. The van der Waals surface area contributed by atoms with Gasteiger partial charge in [-0.2, -0.15) is 5.10 Å². The summed E-state index contributed by atoms with van der Waals surface area (Å²) in [4.78, 5) is 12.7. The van der Waals surface area contributed by atoms with Gasteiger partial charge in [0.1, 0.15) is 23.9 Å². The van der Waals surface area contributed by atoms with Crippen molar-refractivity contribution in [2.45, 2.75) is 13.5 Å². The summed E-state index contributed by atoms with van der Waals surface area (Å²) in [7, 11) is 3.16. The molecule has 0 spiro atoms. The van der Waals surface area contributed by atoms with E-state index in [-0.39, 0.29) is 5.91 Å². The molecular weight excluding hydrogens is 380 g/mol. The minimum Gasteiger partial charge on any atom is -0.497 e. The smallest absolute Gasteiger partial charge is 0.275 e. The summed E-state index contributed by atoms with van der Waals surface area (Å²) in [5.74, 6) is 1.42. The third-order valence-electron chi connectivity index (χ3n) is 4.49. The highest BCUT2D eigenvalue weighted by Crippen LogP contribution is 2.25. The monoisotopic (exact) mass is 404 g/mol. The average Bonchev–Trinajstić information content (AvgIpc) is 2.81. The molecule has 30 heavy (non-hydrogen) atoms. The molecule has 1 N–H and O–H groups in total. The van der Waals surface area contributed by atoms with Gasteiger partial charge >= 0.3 is 0 Å². The largest absolute Gasteiger partial charge is 0.497 e. The Morgan fingerprint density at radius 2 is 1.60 bits per heavy atom. The number of hydrazone groups is 1. The van der Waals surface area contributed by atoms with Crippen molar-refractivity contribution in [2.24, 2.45) is 5.10 Å².